The number of hydrogen-bond acceptors (Lipinski definition) is 3. The number of nitrogens with zero attached hydrogens (tertiary/aromatic N) is 1. The Hall–Kier alpha value is -1.10. The number of carbonyl (C=O) groups is 2. The van der Waals surface area contributed by atoms with Gasteiger partial charge < -0.3 is 16.0 Å². The smallest absolute Gasteiger partial charge is 0.242 e. The van der Waals surface area contributed by atoms with Crippen LogP contribution in [0.5, 0.6) is 0 Å². The first-order chi connectivity index (χ1) is 6.85. The number of nitrogens with two attached hydrogens (primary N) is 1. The molecule has 0 unspecified atom stereocenters. The molecule has 0 saturated heterocycles. The molecule has 0 aliphatic rings. The van der Waals surface area contributed by atoms with Crippen LogP contribution in [0.2, 0.25) is 0 Å². The molecule has 0 fully saturated rings. The number of hydrogen-bond donors (Lipinski definition) is 2. The highest BCUT2D eigenvalue weighted by atomic mass is 16.2. The van der Waals surface area contributed by atoms with Gasteiger partial charge in [-0.25, -0.2) is 0 Å². The van der Waals surface area contributed by atoms with Gasteiger partial charge in [-0.15, -0.1) is 0 Å². The Balaban J connectivity index is 4.56. The lowest BCUT2D eigenvalue weighted by Crippen LogP contribution is -2.55. The van der Waals surface area contributed by atoms with E-state index in [1.165, 1.54) is 4.90 Å². The van der Waals surface area contributed by atoms with Crippen molar-refractivity contribution in [3.05, 3.63) is 0 Å². The average Bonchev–Trinajstić information content (AvgIpc) is 2.12. The van der Waals surface area contributed by atoms with Crippen LogP contribution in [0.1, 0.15) is 27.7 Å². The van der Waals surface area contributed by atoms with Crippen LogP contribution in [0, 0.1) is 0 Å². The van der Waals surface area contributed by atoms with Gasteiger partial charge in [0.05, 0.1) is 12.1 Å². The number of primary amides is 1. The van der Waals surface area contributed by atoms with Crippen molar-refractivity contribution in [3.63, 3.8) is 0 Å². The minimum absolute atomic E-state index is 0.0237. The Bertz CT molecular complexity index is 239. The highest BCUT2D eigenvalue weighted by molar-refractivity contribution is 5.89. The van der Waals surface area contributed by atoms with Crippen LogP contribution in [0.4, 0.5) is 0 Å². The zero-order valence-electron chi connectivity index (χ0n) is 9.96. The van der Waals surface area contributed by atoms with Crippen molar-refractivity contribution in [3.8, 4) is 0 Å². The molecule has 0 bridgehead atoms. The van der Waals surface area contributed by atoms with E-state index in [1.807, 2.05) is 13.8 Å². The van der Waals surface area contributed by atoms with E-state index >= 15 is 0 Å². The van der Waals surface area contributed by atoms with Gasteiger partial charge in [0, 0.05) is 6.54 Å². The van der Waals surface area contributed by atoms with Gasteiger partial charge in [0.1, 0.15) is 0 Å². The first-order valence-corrected chi connectivity index (χ1v) is 5.17. The summed E-state index contributed by atoms with van der Waals surface area (Å²) in [6, 6.07) is 0. The topological polar surface area (TPSA) is 75.4 Å². The predicted octanol–water partition coefficient (Wildman–Crippen LogP) is -0.292. The van der Waals surface area contributed by atoms with Crippen LogP contribution < -0.4 is 11.1 Å². The quantitative estimate of drug-likeness (QED) is 0.639. The van der Waals surface area contributed by atoms with Crippen molar-refractivity contribution in [2.45, 2.75) is 33.2 Å². The SMILES string of the molecule is CCNC(C)(C)C(=O)N(CC)CC(N)=O. The molecule has 3 N–H and O–H groups in total. The van der Waals surface area contributed by atoms with E-state index in [2.05, 4.69) is 5.32 Å². The van der Waals surface area contributed by atoms with Gasteiger partial charge in [0.25, 0.3) is 0 Å². The van der Waals surface area contributed by atoms with E-state index in [0.717, 1.165) is 0 Å². The van der Waals surface area contributed by atoms with Crippen LogP contribution in [0.15, 0.2) is 0 Å². The first kappa shape index (κ1) is 13.9. The van der Waals surface area contributed by atoms with E-state index in [9.17, 15) is 9.59 Å². The second-order valence-corrected chi connectivity index (χ2v) is 3.94. The Morgan fingerprint density at radius 2 is 1.87 bits per heavy atom. The normalized spacial score (nSPS) is 11.2. The summed E-state index contributed by atoms with van der Waals surface area (Å²) in [5, 5.41) is 3.07. The van der Waals surface area contributed by atoms with Crippen molar-refractivity contribution >= 4 is 11.8 Å². The molecule has 0 atom stereocenters. The van der Waals surface area contributed by atoms with E-state index in [-0.39, 0.29) is 12.5 Å². The molecule has 0 aliphatic heterocycles. The van der Waals surface area contributed by atoms with Crippen molar-refractivity contribution < 1.29 is 9.59 Å². The van der Waals surface area contributed by atoms with E-state index in [0.29, 0.717) is 13.1 Å². The maximum atomic E-state index is 12.0. The van der Waals surface area contributed by atoms with Gasteiger partial charge in [-0.3, -0.25) is 9.59 Å². The van der Waals surface area contributed by atoms with Crippen molar-refractivity contribution in [1.29, 1.82) is 0 Å². The van der Waals surface area contributed by atoms with Crippen LogP contribution in [-0.2, 0) is 9.59 Å². The van der Waals surface area contributed by atoms with E-state index in [4.69, 9.17) is 5.73 Å². The van der Waals surface area contributed by atoms with Gasteiger partial charge >= 0.3 is 0 Å². The van der Waals surface area contributed by atoms with Crippen molar-refractivity contribution in [1.82, 2.24) is 10.2 Å². The maximum Gasteiger partial charge on any atom is 0.242 e. The summed E-state index contributed by atoms with van der Waals surface area (Å²) < 4.78 is 0. The molecule has 0 aromatic rings. The lowest BCUT2D eigenvalue weighted by molar-refractivity contribution is -0.139. The molecule has 5 heteroatoms. The lowest BCUT2D eigenvalue weighted by atomic mass is 10.0. The summed E-state index contributed by atoms with van der Waals surface area (Å²) in [5.41, 5.74) is 4.42. The van der Waals surface area contributed by atoms with Crippen LogP contribution in [-0.4, -0.2) is 41.9 Å². The molecule has 0 radical (unpaired) electrons. The molecule has 15 heavy (non-hydrogen) atoms. The number of nitrogens with one attached hydrogen (secondary N) is 1. The molecular weight excluding hydrogens is 194 g/mol. The van der Waals surface area contributed by atoms with E-state index < -0.39 is 11.4 Å². The minimum atomic E-state index is -0.653. The second-order valence-electron chi connectivity index (χ2n) is 3.94. The highest BCUT2D eigenvalue weighted by Crippen LogP contribution is 2.07. The number of likely N-dealkylation sites (N-methyl/N-ethyl adjacent to an activating group) is 2. The van der Waals surface area contributed by atoms with Crippen LogP contribution in [0.25, 0.3) is 0 Å². The Kier molecular flexibility index (Phi) is 5.28. The fraction of sp³-hybridized carbons (Fsp3) is 0.800. The zero-order chi connectivity index (χ0) is 12.1. The monoisotopic (exact) mass is 215 g/mol. The number of amides is 2. The predicted molar refractivity (Wildman–Crippen MR) is 59.2 cm³/mol. The number of carbonyl (C=O) groups excluding carboxylic acids is 2. The highest BCUT2D eigenvalue weighted by Gasteiger charge is 2.30. The van der Waals surface area contributed by atoms with Crippen molar-refractivity contribution in [2.75, 3.05) is 19.6 Å². The lowest BCUT2D eigenvalue weighted by Gasteiger charge is -2.31. The Morgan fingerprint density at radius 3 is 2.20 bits per heavy atom. The standard InChI is InChI=1S/C10H21N3O2/c1-5-12-10(3,4)9(15)13(6-2)7-8(11)14/h12H,5-7H2,1-4H3,(H2,11,14). The molecular formula is C10H21N3O2. The molecule has 0 rings (SSSR count). The summed E-state index contributed by atoms with van der Waals surface area (Å²) in [7, 11) is 0. The third kappa shape index (κ3) is 4.29. The number of rotatable bonds is 6. The van der Waals surface area contributed by atoms with Gasteiger partial charge in [0.15, 0.2) is 0 Å². The van der Waals surface area contributed by atoms with Gasteiger partial charge in [0.2, 0.25) is 11.8 Å². The van der Waals surface area contributed by atoms with Gasteiger partial charge in [-0.1, -0.05) is 6.92 Å². The van der Waals surface area contributed by atoms with E-state index in [1.54, 1.807) is 13.8 Å². The van der Waals surface area contributed by atoms with Crippen LogP contribution >= 0.6 is 0 Å². The fourth-order valence-corrected chi connectivity index (χ4v) is 1.43. The first-order valence-electron chi connectivity index (χ1n) is 5.17. The fourth-order valence-electron chi connectivity index (χ4n) is 1.43. The molecule has 0 heterocycles. The molecule has 0 aromatic heterocycles. The third-order valence-electron chi connectivity index (χ3n) is 2.17. The molecule has 2 amide bonds. The zero-order valence-corrected chi connectivity index (χ0v) is 9.96. The molecule has 5 nitrogen and oxygen atoms in total. The van der Waals surface area contributed by atoms with Crippen molar-refractivity contribution in [2.24, 2.45) is 5.73 Å². The van der Waals surface area contributed by atoms with Gasteiger partial charge in [-0.2, -0.15) is 0 Å². The molecule has 0 aromatic carbocycles. The molecule has 0 saturated carbocycles. The summed E-state index contributed by atoms with van der Waals surface area (Å²) >= 11 is 0. The summed E-state index contributed by atoms with van der Waals surface area (Å²) in [5.74, 6) is -0.594. The van der Waals surface area contributed by atoms with Crippen LogP contribution in [0.3, 0.4) is 0 Å². The second kappa shape index (κ2) is 5.70. The largest absolute Gasteiger partial charge is 0.368 e. The summed E-state index contributed by atoms with van der Waals surface area (Å²) in [4.78, 5) is 24.2. The summed E-state index contributed by atoms with van der Waals surface area (Å²) in [6.07, 6.45) is 0. The van der Waals surface area contributed by atoms with Gasteiger partial charge in [-0.05, 0) is 27.3 Å². The average molecular weight is 215 g/mol. The maximum absolute atomic E-state index is 12.0. The molecule has 0 spiro atoms. The Morgan fingerprint density at radius 1 is 1.33 bits per heavy atom. The molecule has 88 valence electrons. The summed E-state index contributed by atoms with van der Waals surface area (Å²) in [6.45, 7) is 8.50. The molecule has 0 aliphatic carbocycles. The minimum Gasteiger partial charge on any atom is -0.368 e. The Labute approximate surface area is 91.0 Å². The third-order valence-corrected chi connectivity index (χ3v) is 2.17.